The lowest BCUT2D eigenvalue weighted by molar-refractivity contribution is -0.158. The van der Waals surface area contributed by atoms with Gasteiger partial charge in [-0.3, -0.25) is 0 Å². The Bertz CT molecular complexity index is 1090. The van der Waals surface area contributed by atoms with E-state index < -0.39 is 5.79 Å². The summed E-state index contributed by atoms with van der Waals surface area (Å²) in [4.78, 5) is 13.9. The van der Waals surface area contributed by atoms with E-state index in [1.807, 2.05) is 39.0 Å². The summed E-state index contributed by atoms with van der Waals surface area (Å²) in [7, 11) is 1.56. The molecule has 1 aliphatic heterocycles. The number of aliphatic hydroxyl groups is 1. The minimum absolute atomic E-state index is 0.00000517. The smallest absolute Gasteiger partial charge is 0.318 e. The van der Waals surface area contributed by atoms with Gasteiger partial charge >= 0.3 is 6.01 Å². The van der Waals surface area contributed by atoms with E-state index in [1.165, 1.54) is 0 Å². The monoisotopic (exact) mass is 442 g/mol. The van der Waals surface area contributed by atoms with Gasteiger partial charge in [-0.05, 0) is 39.3 Å². The highest BCUT2D eigenvalue weighted by Crippen LogP contribution is 2.44. The average Bonchev–Trinajstić information content (AvgIpc) is 3.38. The molecule has 0 amide bonds. The summed E-state index contributed by atoms with van der Waals surface area (Å²) < 4.78 is 18.7. The predicted octanol–water partition coefficient (Wildman–Crippen LogP) is 3.38. The maximum Gasteiger partial charge on any atom is 0.318 e. The van der Waals surface area contributed by atoms with Crippen LogP contribution in [-0.2, 0) is 9.47 Å². The van der Waals surface area contributed by atoms with E-state index in [1.54, 1.807) is 18.4 Å². The molecule has 1 saturated heterocycles. The molecule has 1 saturated carbocycles. The molecule has 2 N–H and O–H groups in total. The van der Waals surface area contributed by atoms with E-state index >= 15 is 0 Å². The van der Waals surface area contributed by atoms with Crippen molar-refractivity contribution in [2.75, 3.05) is 19.0 Å². The van der Waals surface area contributed by atoms with Crippen LogP contribution in [0.15, 0.2) is 24.3 Å². The summed E-state index contributed by atoms with van der Waals surface area (Å²) in [5.41, 5.74) is 2.58. The Labute approximate surface area is 184 Å². The molecule has 2 aliphatic rings. The predicted molar refractivity (Wildman–Crippen MR) is 118 cm³/mol. The zero-order chi connectivity index (χ0) is 21.8. The molecule has 3 heterocycles. The van der Waals surface area contributed by atoms with Gasteiger partial charge in [-0.25, -0.2) is 4.98 Å². The molecular weight excluding hydrogens is 416 g/mol. The lowest BCUT2D eigenvalue weighted by Crippen LogP contribution is -2.35. The fourth-order valence-corrected chi connectivity index (χ4v) is 5.62. The molecule has 1 aromatic carbocycles. The zero-order valence-electron chi connectivity index (χ0n) is 18.0. The Hall–Kier alpha value is -2.33. The van der Waals surface area contributed by atoms with Crippen LogP contribution in [0.2, 0.25) is 0 Å². The maximum absolute atomic E-state index is 9.89. The average molecular weight is 443 g/mol. The van der Waals surface area contributed by atoms with Crippen molar-refractivity contribution in [3.63, 3.8) is 0 Å². The molecule has 3 aromatic rings. The van der Waals surface area contributed by atoms with Crippen molar-refractivity contribution in [1.82, 2.24) is 15.0 Å². The first-order chi connectivity index (χ1) is 14.9. The Morgan fingerprint density at radius 2 is 1.97 bits per heavy atom. The second-order valence-electron chi connectivity index (χ2n) is 8.50. The number of benzene rings is 1. The van der Waals surface area contributed by atoms with Crippen LogP contribution in [0.4, 0.5) is 5.82 Å². The molecule has 31 heavy (non-hydrogen) atoms. The van der Waals surface area contributed by atoms with Crippen LogP contribution in [0, 0.1) is 12.8 Å². The molecular formula is C22H26N4O4S. The minimum atomic E-state index is -0.682. The normalized spacial score (nSPS) is 26.9. The third-order valence-corrected chi connectivity index (χ3v) is 6.95. The third-order valence-electron chi connectivity index (χ3n) is 5.90. The van der Waals surface area contributed by atoms with Crippen LogP contribution in [0.5, 0.6) is 6.01 Å². The molecule has 4 unspecified atom stereocenters. The molecule has 164 valence electrons. The summed E-state index contributed by atoms with van der Waals surface area (Å²) in [5, 5.41) is 14.3. The van der Waals surface area contributed by atoms with Crippen molar-refractivity contribution in [3.05, 3.63) is 30.0 Å². The summed E-state index contributed by atoms with van der Waals surface area (Å²) in [6.07, 6.45) is 0.372. The van der Waals surface area contributed by atoms with Crippen molar-refractivity contribution in [1.29, 1.82) is 0 Å². The minimum Gasteiger partial charge on any atom is -0.467 e. The van der Waals surface area contributed by atoms with E-state index in [0.29, 0.717) is 18.2 Å². The molecule has 0 radical (unpaired) electrons. The molecule has 2 fully saturated rings. The number of aromatic nitrogens is 3. The number of aryl methyl sites for hydroxylation is 1. The molecule has 2 aromatic heterocycles. The number of hydrogen-bond acceptors (Lipinski definition) is 9. The SMILES string of the molecule is COc1nc(C)c(-c2nc3ccccc3s2)c(NC2CC(CO)C3OC(C)(C)OC23)n1. The number of ether oxygens (including phenoxy) is 3. The lowest BCUT2D eigenvalue weighted by atomic mass is 10.1. The van der Waals surface area contributed by atoms with Crippen LogP contribution >= 0.6 is 11.3 Å². The van der Waals surface area contributed by atoms with Crippen molar-refractivity contribution >= 4 is 27.4 Å². The van der Waals surface area contributed by atoms with E-state index in [9.17, 15) is 5.11 Å². The van der Waals surface area contributed by atoms with Crippen molar-refractivity contribution in [3.8, 4) is 16.6 Å². The Morgan fingerprint density at radius 3 is 2.71 bits per heavy atom. The lowest BCUT2D eigenvalue weighted by Gasteiger charge is -2.24. The highest BCUT2D eigenvalue weighted by atomic mass is 32.1. The first-order valence-electron chi connectivity index (χ1n) is 10.4. The van der Waals surface area contributed by atoms with Gasteiger partial charge in [0.25, 0.3) is 0 Å². The number of hydrogen-bond donors (Lipinski definition) is 2. The van der Waals surface area contributed by atoms with Gasteiger partial charge in [0.1, 0.15) is 16.9 Å². The molecule has 8 nitrogen and oxygen atoms in total. The number of aliphatic hydroxyl groups excluding tert-OH is 1. The van der Waals surface area contributed by atoms with Crippen LogP contribution in [0.1, 0.15) is 26.0 Å². The second-order valence-corrected chi connectivity index (χ2v) is 9.53. The van der Waals surface area contributed by atoms with Gasteiger partial charge in [0.2, 0.25) is 0 Å². The summed E-state index contributed by atoms with van der Waals surface area (Å²) in [6, 6.07) is 8.27. The highest BCUT2D eigenvalue weighted by molar-refractivity contribution is 7.21. The van der Waals surface area contributed by atoms with Gasteiger partial charge < -0.3 is 24.6 Å². The maximum atomic E-state index is 9.89. The molecule has 0 spiro atoms. The van der Waals surface area contributed by atoms with Gasteiger partial charge in [-0.15, -0.1) is 11.3 Å². The first kappa shape index (κ1) is 20.6. The standard InChI is InChI=1S/C22H26N4O4S/c1-11-16(20-25-13-7-5-6-8-15(13)31-20)19(26-21(23-11)28-4)24-14-9-12(10-27)17-18(14)30-22(2,3)29-17/h5-8,12,14,17-18,27H,9-10H2,1-4H3,(H,23,24,26). The fourth-order valence-electron chi connectivity index (χ4n) is 4.56. The number of fused-ring (bicyclic) bond motifs is 2. The van der Waals surface area contributed by atoms with Crippen LogP contribution in [0.25, 0.3) is 20.8 Å². The summed E-state index contributed by atoms with van der Waals surface area (Å²) >= 11 is 1.61. The number of anilines is 1. The van der Waals surface area contributed by atoms with Gasteiger partial charge in [-0.1, -0.05) is 12.1 Å². The topological polar surface area (TPSA) is 98.6 Å². The van der Waals surface area contributed by atoms with Gasteiger partial charge in [-0.2, -0.15) is 9.97 Å². The molecule has 1 aliphatic carbocycles. The molecule has 4 atom stereocenters. The van der Waals surface area contributed by atoms with Gasteiger partial charge in [0, 0.05) is 12.5 Å². The van der Waals surface area contributed by atoms with Crippen molar-refractivity contribution in [2.24, 2.45) is 5.92 Å². The number of thiazole rings is 1. The zero-order valence-corrected chi connectivity index (χ0v) is 18.8. The first-order valence-corrected chi connectivity index (χ1v) is 11.2. The van der Waals surface area contributed by atoms with Gasteiger partial charge in [0.15, 0.2) is 5.79 Å². The highest BCUT2D eigenvalue weighted by Gasteiger charge is 2.54. The van der Waals surface area contributed by atoms with Crippen LogP contribution in [0.3, 0.4) is 0 Å². The largest absolute Gasteiger partial charge is 0.467 e. The second kappa shape index (κ2) is 7.67. The number of nitrogens with one attached hydrogen (secondary N) is 1. The fraction of sp³-hybridized carbons (Fsp3) is 0.500. The summed E-state index contributed by atoms with van der Waals surface area (Å²) in [6.45, 7) is 5.79. The molecule has 9 heteroatoms. The van der Waals surface area contributed by atoms with Crippen LogP contribution < -0.4 is 10.1 Å². The molecule has 5 rings (SSSR count). The van der Waals surface area contributed by atoms with E-state index in [4.69, 9.17) is 19.2 Å². The molecule has 0 bridgehead atoms. The quantitative estimate of drug-likeness (QED) is 0.621. The van der Waals surface area contributed by atoms with Gasteiger partial charge in [0.05, 0.1) is 40.7 Å². The number of para-hydroxylation sites is 1. The number of nitrogens with zero attached hydrogens (tertiary/aromatic N) is 3. The Morgan fingerprint density at radius 1 is 1.19 bits per heavy atom. The number of rotatable bonds is 5. The van der Waals surface area contributed by atoms with Crippen molar-refractivity contribution < 1.29 is 19.3 Å². The van der Waals surface area contributed by atoms with E-state index in [2.05, 4.69) is 21.4 Å². The Kier molecular flexibility index (Phi) is 5.09. The van der Waals surface area contributed by atoms with Crippen molar-refractivity contribution in [2.45, 2.75) is 51.2 Å². The van der Waals surface area contributed by atoms with E-state index in [-0.39, 0.29) is 30.8 Å². The summed E-state index contributed by atoms with van der Waals surface area (Å²) in [5.74, 6) is -0.0304. The van der Waals surface area contributed by atoms with Crippen LogP contribution in [-0.4, -0.2) is 57.8 Å². The number of methoxy groups -OCH3 is 1. The van der Waals surface area contributed by atoms with E-state index in [0.717, 1.165) is 26.5 Å². The Balaban J connectivity index is 1.55. The third kappa shape index (κ3) is 3.65.